The third-order valence-electron chi connectivity index (χ3n) is 4.74. The third-order valence-corrected chi connectivity index (χ3v) is 4.74. The Labute approximate surface area is 148 Å². The molecule has 0 aromatic carbocycles. The highest BCUT2D eigenvalue weighted by atomic mass is 16.3. The minimum absolute atomic E-state index is 0.00374. The molecule has 0 atom stereocenters. The van der Waals surface area contributed by atoms with Crippen LogP contribution >= 0.6 is 0 Å². The second-order valence-electron chi connectivity index (χ2n) is 7.83. The Morgan fingerprint density at radius 1 is 1.24 bits per heavy atom. The monoisotopic (exact) mass is 342 g/mol. The summed E-state index contributed by atoms with van der Waals surface area (Å²) in [7, 11) is 1.85. The Hall–Kier alpha value is -2.37. The maximum atomic E-state index is 12.6. The topological polar surface area (TPSA) is 62.5 Å². The van der Waals surface area contributed by atoms with Crippen LogP contribution in [0.25, 0.3) is 0 Å². The fraction of sp³-hybridized carbons (Fsp3) is 0.526. The minimum Gasteiger partial charge on any atom is -0.466 e. The van der Waals surface area contributed by atoms with E-state index >= 15 is 0 Å². The molecule has 0 aliphatic carbocycles. The molecule has 0 radical (unpaired) electrons. The van der Waals surface area contributed by atoms with E-state index < -0.39 is 0 Å². The van der Waals surface area contributed by atoms with E-state index in [-0.39, 0.29) is 17.4 Å². The first-order valence-corrected chi connectivity index (χ1v) is 8.60. The maximum absolute atomic E-state index is 12.6. The van der Waals surface area contributed by atoms with Crippen LogP contribution in [-0.4, -0.2) is 47.2 Å². The predicted octanol–water partition coefficient (Wildman–Crippen LogP) is 2.94. The van der Waals surface area contributed by atoms with Crippen LogP contribution in [0.5, 0.6) is 0 Å². The summed E-state index contributed by atoms with van der Waals surface area (Å²) in [5.74, 6) is 2.31. The van der Waals surface area contributed by atoms with Gasteiger partial charge in [-0.2, -0.15) is 5.10 Å². The molecule has 0 spiro atoms. The number of hydrogen-bond donors (Lipinski definition) is 0. The van der Waals surface area contributed by atoms with E-state index in [9.17, 15) is 4.79 Å². The van der Waals surface area contributed by atoms with Gasteiger partial charge in [-0.25, -0.2) is 0 Å². The lowest BCUT2D eigenvalue weighted by atomic mass is 9.92. The molecule has 134 valence electrons. The van der Waals surface area contributed by atoms with Crippen LogP contribution in [0.4, 0.5) is 5.82 Å². The smallest absolute Gasteiger partial charge is 0.257 e. The van der Waals surface area contributed by atoms with Gasteiger partial charge in [0.1, 0.15) is 11.5 Å². The van der Waals surface area contributed by atoms with E-state index in [0.29, 0.717) is 11.3 Å². The van der Waals surface area contributed by atoms with Crippen LogP contribution in [0, 0.1) is 13.8 Å². The third kappa shape index (κ3) is 3.38. The quantitative estimate of drug-likeness (QED) is 0.858. The highest BCUT2D eigenvalue weighted by Gasteiger charge is 2.34. The van der Waals surface area contributed by atoms with Crippen LogP contribution in [0.15, 0.2) is 22.6 Å². The van der Waals surface area contributed by atoms with Crippen molar-refractivity contribution in [2.45, 2.75) is 46.1 Å². The van der Waals surface area contributed by atoms with E-state index in [4.69, 9.17) is 4.42 Å². The number of hydrogen-bond acceptors (Lipinski definition) is 5. The molecule has 0 bridgehead atoms. The van der Waals surface area contributed by atoms with Gasteiger partial charge in [-0.1, -0.05) is 20.8 Å². The molecule has 25 heavy (non-hydrogen) atoms. The fourth-order valence-corrected chi connectivity index (χ4v) is 2.98. The zero-order valence-electron chi connectivity index (χ0n) is 15.8. The SMILES string of the molecule is Cc1cc(C(=O)N(C)C2CN(c3ccc(C(C)(C)C)nn3)C2)c(C)o1. The van der Waals surface area contributed by atoms with Gasteiger partial charge < -0.3 is 14.2 Å². The lowest BCUT2D eigenvalue weighted by molar-refractivity contribution is 0.0703. The van der Waals surface area contributed by atoms with Crippen LogP contribution in [-0.2, 0) is 5.41 Å². The van der Waals surface area contributed by atoms with Crippen molar-refractivity contribution in [1.82, 2.24) is 15.1 Å². The average Bonchev–Trinajstić information content (AvgIpc) is 2.83. The number of rotatable bonds is 3. The maximum Gasteiger partial charge on any atom is 0.257 e. The average molecular weight is 342 g/mol. The van der Waals surface area contributed by atoms with Gasteiger partial charge in [0.25, 0.3) is 5.91 Å². The first-order valence-electron chi connectivity index (χ1n) is 8.60. The van der Waals surface area contributed by atoms with Crippen LogP contribution < -0.4 is 4.90 Å². The molecule has 1 amide bonds. The summed E-state index contributed by atoms with van der Waals surface area (Å²) in [6, 6.07) is 6.02. The lowest BCUT2D eigenvalue weighted by Gasteiger charge is -2.44. The zero-order chi connectivity index (χ0) is 18.4. The molecule has 3 heterocycles. The fourth-order valence-electron chi connectivity index (χ4n) is 2.98. The molecular weight excluding hydrogens is 316 g/mol. The molecule has 2 aromatic rings. The number of amides is 1. The summed E-state index contributed by atoms with van der Waals surface area (Å²) in [4.78, 5) is 16.6. The van der Waals surface area contributed by atoms with Gasteiger partial charge >= 0.3 is 0 Å². The van der Waals surface area contributed by atoms with Crippen molar-refractivity contribution < 1.29 is 9.21 Å². The van der Waals surface area contributed by atoms with Gasteiger partial charge in [0.15, 0.2) is 5.82 Å². The van der Waals surface area contributed by atoms with Gasteiger partial charge in [0.05, 0.1) is 17.3 Å². The summed E-state index contributed by atoms with van der Waals surface area (Å²) in [5.41, 5.74) is 1.62. The van der Waals surface area contributed by atoms with E-state index in [1.165, 1.54) is 0 Å². The molecule has 0 unspecified atom stereocenters. The molecule has 6 heteroatoms. The molecule has 6 nitrogen and oxygen atoms in total. The van der Waals surface area contributed by atoms with Crippen molar-refractivity contribution in [3.05, 3.63) is 41.0 Å². The van der Waals surface area contributed by atoms with Gasteiger partial charge in [-0.15, -0.1) is 5.10 Å². The van der Waals surface area contributed by atoms with Crippen LogP contribution in [0.1, 0.15) is 48.3 Å². The van der Waals surface area contributed by atoms with Crippen molar-refractivity contribution >= 4 is 11.7 Å². The molecule has 1 saturated heterocycles. The second kappa shape index (κ2) is 6.17. The highest BCUT2D eigenvalue weighted by Crippen LogP contribution is 2.25. The number of aromatic nitrogens is 2. The van der Waals surface area contributed by atoms with Gasteiger partial charge in [0, 0.05) is 25.6 Å². The van der Waals surface area contributed by atoms with Crippen molar-refractivity contribution in [3.63, 3.8) is 0 Å². The van der Waals surface area contributed by atoms with Crippen LogP contribution in [0.2, 0.25) is 0 Å². The number of anilines is 1. The van der Waals surface area contributed by atoms with E-state index in [1.807, 2.05) is 33.0 Å². The summed E-state index contributed by atoms with van der Waals surface area (Å²) < 4.78 is 5.47. The zero-order valence-corrected chi connectivity index (χ0v) is 15.8. The molecule has 1 aliphatic heterocycles. The molecule has 0 N–H and O–H groups in total. The molecule has 3 rings (SSSR count). The Morgan fingerprint density at radius 3 is 2.40 bits per heavy atom. The molecule has 1 aliphatic rings. The first-order chi connectivity index (χ1) is 11.7. The molecule has 2 aromatic heterocycles. The van der Waals surface area contributed by atoms with Gasteiger partial charge in [0.2, 0.25) is 0 Å². The number of nitrogens with zero attached hydrogens (tertiary/aromatic N) is 4. The Kier molecular flexibility index (Phi) is 4.31. The number of carbonyl (C=O) groups excluding carboxylic acids is 1. The van der Waals surface area contributed by atoms with E-state index in [0.717, 1.165) is 30.4 Å². The largest absolute Gasteiger partial charge is 0.466 e. The number of carbonyl (C=O) groups is 1. The number of aryl methyl sites for hydroxylation is 2. The number of likely N-dealkylation sites (N-methyl/N-ethyl adjacent to an activating group) is 1. The van der Waals surface area contributed by atoms with Crippen molar-refractivity contribution in [1.29, 1.82) is 0 Å². The summed E-state index contributed by atoms with van der Waals surface area (Å²) in [6.45, 7) is 11.6. The lowest BCUT2D eigenvalue weighted by Crippen LogP contribution is -2.60. The Bertz CT molecular complexity index is 768. The number of furan rings is 1. The predicted molar refractivity (Wildman–Crippen MR) is 97.0 cm³/mol. The Morgan fingerprint density at radius 2 is 1.92 bits per heavy atom. The summed E-state index contributed by atoms with van der Waals surface area (Å²) >= 11 is 0. The van der Waals surface area contributed by atoms with E-state index in [1.54, 1.807) is 11.0 Å². The van der Waals surface area contributed by atoms with Gasteiger partial charge in [-0.05, 0) is 32.0 Å². The van der Waals surface area contributed by atoms with Crippen molar-refractivity contribution in [2.24, 2.45) is 0 Å². The Balaban J connectivity index is 1.62. The summed E-state index contributed by atoms with van der Waals surface area (Å²) in [5, 5.41) is 8.67. The second-order valence-corrected chi connectivity index (χ2v) is 7.83. The van der Waals surface area contributed by atoms with Crippen molar-refractivity contribution in [3.8, 4) is 0 Å². The summed E-state index contributed by atoms with van der Waals surface area (Å²) in [6.07, 6.45) is 0. The van der Waals surface area contributed by atoms with Crippen molar-refractivity contribution in [2.75, 3.05) is 25.0 Å². The first kappa shape index (κ1) is 17.5. The molecular formula is C19H26N4O2. The van der Waals surface area contributed by atoms with E-state index in [2.05, 4.69) is 35.9 Å². The normalized spacial score (nSPS) is 15.2. The molecule has 1 fully saturated rings. The standard InChI is InChI=1S/C19H26N4O2/c1-12-9-15(13(2)25-12)18(24)22(6)14-10-23(11-14)17-8-7-16(20-21-17)19(3,4)5/h7-9,14H,10-11H2,1-6H3. The highest BCUT2D eigenvalue weighted by molar-refractivity contribution is 5.95. The van der Waals surface area contributed by atoms with Crippen LogP contribution in [0.3, 0.4) is 0 Å². The minimum atomic E-state index is -0.00374. The van der Waals surface area contributed by atoms with Gasteiger partial charge in [-0.3, -0.25) is 4.79 Å². The molecule has 0 saturated carbocycles.